The predicted molar refractivity (Wildman–Crippen MR) is 65.8 cm³/mol. The zero-order valence-corrected chi connectivity index (χ0v) is 10.6. The van der Waals surface area contributed by atoms with Gasteiger partial charge in [-0.3, -0.25) is 0 Å². The van der Waals surface area contributed by atoms with E-state index in [1.807, 2.05) is 67.5 Å². The van der Waals surface area contributed by atoms with Crippen molar-refractivity contribution >= 4 is 0 Å². The molecule has 0 heterocycles. The third kappa shape index (κ3) is 2960. The minimum absolute atomic E-state index is 2.00. The molecule has 0 nitrogen and oxygen atoms in total. The van der Waals surface area contributed by atoms with Gasteiger partial charge in [-0.2, -0.15) is 0 Å². The van der Waals surface area contributed by atoms with Gasteiger partial charge in [0.2, 0.25) is 0 Å². The lowest BCUT2D eigenvalue weighted by Crippen LogP contribution is -1.26. The van der Waals surface area contributed by atoms with Crippen molar-refractivity contribution < 1.29 is 0 Å². The molecule has 0 amide bonds. The maximum Gasteiger partial charge on any atom is -0.0470 e. The normalized spacial score (nSPS) is 5.00. The van der Waals surface area contributed by atoms with Gasteiger partial charge in [-0.1, -0.05) is 53.7 Å². The zero-order chi connectivity index (χ0) is 11.4. The van der Waals surface area contributed by atoms with Crippen molar-refractivity contribution in [1.82, 2.24) is 0 Å². The van der Waals surface area contributed by atoms with E-state index in [9.17, 15) is 0 Å². The Morgan fingerprint density at radius 2 is 0.667 bits per heavy atom. The summed E-state index contributed by atoms with van der Waals surface area (Å²) in [6.07, 6.45) is 4.00. The Morgan fingerprint density at radius 1 is 0.583 bits per heavy atom. The summed E-state index contributed by atoms with van der Waals surface area (Å²) in [5.74, 6) is 0. The average Bonchev–Trinajstić information content (AvgIpc) is 2.29. The number of hydrogen-bond donors (Lipinski definition) is 0. The van der Waals surface area contributed by atoms with Gasteiger partial charge in [-0.25, -0.2) is 0 Å². The Balaban J connectivity index is -0.0000000181. The highest BCUT2D eigenvalue weighted by Crippen LogP contribution is 1.57. The van der Waals surface area contributed by atoms with Crippen LogP contribution in [0.4, 0.5) is 0 Å². The van der Waals surface area contributed by atoms with Crippen LogP contribution in [0.3, 0.4) is 0 Å². The molecule has 0 aromatic carbocycles. The molecule has 0 aliphatic carbocycles. The largest absolute Gasteiger partial charge is 0.106 e. The second kappa shape index (κ2) is 430. The molecule has 0 fully saturated rings. The summed E-state index contributed by atoms with van der Waals surface area (Å²) in [7, 11) is 0. The lowest BCUT2D eigenvalue weighted by molar-refractivity contribution is 1.50. The molecule has 0 heteroatoms. The van der Waals surface area contributed by atoms with Gasteiger partial charge in [-0.05, 0) is 13.8 Å². The molecule has 0 atom stereocenters. The molecule has 0 rings (SSSR count). The van der Waals surface area contributed by atoms with Gasteiger partial charge in [0.1, 0.15) is 0 Å². The SMILES string of the molecule is C/C=C\C.C=C.CC.CC.CC. The van der Waals surface area contributed by atoms with Crippen LogP contribution in [0.25, 0.3) is 0 Å². The average molecular weight is 174 g/mol. The van der Waals surface area contributed by atoms with E-state index in [-0.39, 0.29) is 0 Å². The van der Waals surface area contributed by atoms with E-state index in [2.05, 4.69) is 13.2 Å². The maximum absolute atomic E-state index is 3.00. The van der Waals surface area contributed by atoms with E-state index in [1.165, 1.54) is 0 Å². The Bertz CT molecular complexity index is 23.0. The molecular weight excluding hydrogens is 144 g/mol. The van der Waals surface area contributed by atoms with Crippen LogP contribution in [0.2, 0.25) is 0 Å². The zero-order valence-electron chi connectivity index (χ0n) is 10.6. The Morgan fingerprint density at radius 3 is 0.667 bits per heavy atom. The maximum atomic E-state index is 3.00. The quantitative estimate of drug-likeness (QED) is 0.428. The standard InChI is InChI=1S/C4H8.3C2H6.C2H4/c1-3-4-2;4*1-2/h3-4H,1-2H3;3*1-2H3;1-2H2/b4-3-;;;;. The third-order valence-corrected chi connectivity index (χ3v) is 0.333. The summed E-state index contributed by atoms with van der Waals surface area (Å²) in [5, 5.41) is 0. The van der Waals surface area contributed by atoms with Gasteiger partial charge < -0.3 is 0 Å². The minimum Gasteiger partial charge on any atom is -0.106 e. The van der Waals surface area contributed by atoms with Crippen LogP contribution >= 0.6 is 0 Å². The van der Waals surface area contributed by atoms with Gasteiger partial charge in [0.15, 0.2) is 0 Å². The van der Waals surface area contributed by atoms with Crippen LogP contribution in [0.5, 0.6) is 0 Å². The molecule has 0 spiro atoms. The Labute approximate surface area is 81.4 Å². The lowest BCUT2D eigenvalue weighted by Gasteiger charge is -1.49. The van der Waals surface area contributed by atoms with E-state index in [1.54, 1.807) is 0 Å². The molecule has 0 aliphatic heterocycles. The summed E-state index contributed by atoms with van der Waals surface area (Å²) in [4.78, 5) is 0. The lowest BCUT2D eigenvalue weighted by atomic mass is 10.6. The van der Waals surface area contributed by atoms with Crippen molar-refractivity contribution in [1.29, 1.82) is 0 Å². The molecule has 0 bridgehead atoms. The van der Waals surface area contributed by atoms with Gasteiger partial charge >= 0.3 is 0 Å². The van der Waals surface area contributed by atoms with Crippen molar-refractivity contribution in [2.75, 3.05) is 0 Å². The molecule has 0 aromatic heterocycles. The Kier molecular flexibility index (Phi) is 1080. The Hall–Kier alpha value is -0.520. The summed E-state index contributed by atoms with van der Waals surface area (Å²) < 4.78 is 0. The molecule has 0 N–H and O–H groups in total. The smallest absolute Gasteiger partial charge is 0.0470 e. The summed E-state index contributed by atoms with van der Waals surface area (Å²) >= 11 is 0. The highest BCUT2D eigenvalue weighted by Gasteiger charge is 1.34. The van der Waals surface area contributed by atoms with Crippen LogP contribution < -0.4 is 0 Å². The van der Waals surface area contributed by atoms with Crippen molar-refractivity contribution in [2.24, 2.45) is 0 Å². The van der Waals surface area contributed by atoms with E-state index < -0.39 is 0 Å². The molecule has 0 aromatic rings. The first kappa shape index (κ1) is 30.0. The molecule has 0 unspecified atom stereocenters. The monoisotopic (exact) mass is 174 g/mol. The minimum atomic E-state index is 2.00. The van der Waals surface area contributed by atoms with E-state index >= 15 is 0 Å². The van der Waals surface area contributed by atoms with Crippen molar-refractivity contribution in [3.8, 4) is 0 Å². The number of allylic oxidation sites excluding steroid dienone is 2. The second-order valence-corrected chi connectivity index (χ2v) is 0.667. The highest BCUT2D eigenvalue weighted by atomic mass is 13.4. The van der Waals surface area contributed by atoms with Crippen LogP contribution in [-0.4, -0.2) is 0 Å². The summed E-state index contributed by atoms with van der Waals surface area (Å²) in [6, 6.07) is 0. The van der Waals surface area contributed by atoms with E-state index in [0.29, 0.717) is 0 Å². The van der Waals surface area contributed by atoms with Crippen molar-refractivity contribution in [3.05, 3.63) is 25.3 Å². The second-order valence-electron chi connectivity index (χ2n) is 0.667. The highest BCUT2D eigenvalue weighted by molar-refractivity contribution is 4.68. The van der Waals surface area contributed by atoms with Crippen LogP contribution in [0, 0.1) is 0 Å². The van der Waals surface area contributed by atoms with Gasteiger partial charge in [0.05, 0.1) is 0 Å². The molecule has 0 aliphatic rings. The summed E-state index contributed by atoms with van der Waals surface area (Å²) in [6.45, 7) is 22.0. The molecule has 0 saturated carbocycles. The first-order valence-electron chi connectivity index (χ1n) is 4.99. The van der Waals surface area contributed by atoms with Crippen LogP contribution in [0.1, 0.15) is 55.4 Å². The molecule has 0 radical (unpaired) electrons. The summed E-state index contributed by atoms with van der Waals surface area (Å²) in [5.41, 5.74) is 0. The fraction of sp³-hybridized carbons (Fsp3) is 0.667. The van der Waals surface area contributed by atoms with Crippen molar-refractivity contribution in [2.45, 2.75) is 55.4 Å². The molecule has 12 heavy (non-hydrogen) atoms. The predicted octanol–water partition coefficient (Wildman–Crippen LogP) is 5.46. The van der Waals surface area contributed by atoms with E-state index in [4.69, 9.17) is 0 Å². The van der Waals surface area contributed by atoms with E-state index in [0.717, 1.165) is 0 Å². The number of hydrogen-bond acceptors (Lipinski definition) is 0. The molecule has 78 valence electrons. The topological polar surface area (TPSA) is 0 Å². The van der Waals surface area contributed by atoms with Gasteiger partial charge in [0.25, 0.3) is 0 Å². The fourth-order valence-electron chi connectivity index (χ4n) is 0. The van der Waals surface area contributed by atoms with Crippen LogP contribution in [-0.2, 0) is 0 Å². The first-order valence-corrected chi connectivity index (χ1v) is 4.99. The third-order valence-electron chi connectivity index (χ3n) is 0.333. The van der Waals surface area contributed by atoms with Gasteiger partial charge in [-0.15, -0.1) is 13.2 Å². The fourth-order valence-corrected chi connectivity index (χ4v) is 0. The molecular formula is C12H30. The first-order chi connectivity index (χ1) is 5.91. The molecule has 0 saturated heterocycles. The van der Waals surface area contributed by atoms with Crippen molar-refractivity contribution in [3.63, 3.8) is 0 Å². The van der Waals surface area contributed by atoms with Gasteiger partial charge in [0, 0.05) is 0 Å². The van der Waals surface area contributed by atoms with Crippen LogP contribution in [0.15, 0.2) is 25.3 Å². The number of rotatable bonds is 0.